The quantitative estimate of drug-likeness (QED) is 0.784. The Kier molecular flexibility index (Phi) is 5.44. The first-order valence-corrected chi connectivity index (χ1v) is 7.44. The number of piperidine rings is 1. The van der Waals surface area contributed by atoms with E-state index in [0.717, 1.165) is 37.3 Å². The molecule has 1 fully saturated rings. The van der Waals surface area contributed by atoms with Gasteiger partial charge in [0, 0.05) is 6.07 Å². The van der Waals surface area contributed by atoms with Crippen molar-refractivity contribution in [1.29, 1.82) is 0 Å². The van der Waals surface area contributed by atoms with Crippen LogP contribution in [0.1, 0.15) is 26.2 Å². The first-order chi connectivity index (χ1) is 10.1. The van der Waals surface area contributed by atoms with E-state index < -0.39 is 5.54 Å². The SMILES string of the molecule is COc1cccc(OCCNC(=O)[C@@]2(C)CCCCN2)c1. The summed E-state index contributed by atoms with van der Waals surface area (Å²) < 4.78 is 10.7. The second-order valence-corrected chi connectivity index (χ2v) is 5.50. The van der Waals surface area contributed by atoms with Gasteiger partial charge in [0.15, 0.2) is 0 Å². The number of rotatable bonds is 6. The second kappa shape index (κ2) is 7.31. The minimum absolute atomic E-state index is 0.0523. The summed E-state index contributed by atoms with van der Waals surface area (Å²) in [6, 6.07) is 7.43. The Balaban J connectivity index is 1.72. The molecule has 1 aromatic carbocycles. The zero-order valence-electron chi connectivity index (χ0n) is 12.8. The van der Waals surface area contributed by atoms with Crippen LogP contribution in [0.5, 0.6) is 11.5 Å². The lowest BCUT2D eigenvalue weighted by molar-refractivity contribution is -0.128. The lowest BCUT2D eigenvalue weighted by atomic mass is 9.90. The van der Waals surface area contributed by atoms with Crippen LogP contribution in [0.2, 0.25) is 0 Å². The topological polar surface area (TPSA) is 59.6 Å². The normalized spacial score (nSPS) is 21.6. The van der Waals surface area contributed by atoms with Crippen molar-refractivity contribution in [1.82, 2.24) is 10.6 Å². The highest BCUT2D eigenvalue weighted by atomic mass is 16.5. The molecule has 0 radical (unpaired) electrons. The van der Waals surface area contributed by atoms with E-state index in [4.69, 9.17) is 9.47 Å². The van der Waals surface area contributed by atoms with Gasteiger partial charge in [0.25, 0.3) is 0 Å². The van der Waals surface area contributed by atoms with Gasteiger partial charge in [-0.1, -0.05) is 6.07 Å². The molecule has 0 bridgehead atoms. The molecule has 1 heterocycles. The third kappa shape index (κ3) is 4.36. The molecule has 1 aromatic rings. The van der Waals surface area contributed by atoms with Crippen LogP contribution >= 0.6 is 0 Å². The molecule has 116 valence electrons. The molecule has 1 aliphatic rings. The first-order valence-electron chi connectivity index (χ1n) is 7.44. The van der Waals surface area contributed by atoms with Crippen LogP contribution in [0, 0.1) is 0 Å². The molecule has 21 heavy (non-hydrogen) atoms. The monoisotopic (exact) mass is 292 g/mol. The number of carbonyl (C=O) groups is 1. The zero-order chi connectivity index (χ0) is 15.1. The molecule has 0 aliphatic carbocycles. The second-order valence-electron chi connectivity index (χ2n) is 5.50. The van der Waals surface area contributed by atoms with E-state index in [1.807, 2.05) is 31.2 Å². The summed E-state index contributed by atoms with van der Waals surface area (Å²) in [7, 11) is 1.62. The Hall–Kier alpha value is -1.75. The van der Waals surface area contributed by atoms with Crippen molar-refractivity contribution in [3.05, 3.63) is 24.3 Å². The molecule has 1 amide bonds. The summed E-state index contributed by atoms with van der Waals surface area (Å²) in [5.74, 6) is 1.55. The molecule has 2 N–H and O–H groups in total. The molecule has 2 rings (SSSR count). The number of ether oxygens (including phenoxy) is 2. The van der Waals surface area contributed by atoms with Crippen LogP contribution in [0.15, 0.2) is 24.3 Å². The number of methoxy groups -OCH3 is 1. The van der Waals surface area contributed by atoms with Crippen LogP contribution in [0.25, 0.3) is 0 Å². The largest absolute Gasteiger partial charge is 0.497 e. The van der Waals surface area contributed by atoms with Crippen LogP contribution in [0.4, 0.5) is 0 Å². The number of benzene rings is 1. The van der Waals surface area contributed by atoms with Crippen molar-refractivity contribution in [2.75, 3.05) is 26.8 Å². The van der Waals surface area contributed by atoms with Crippen LogP contribution < -0.4 is 20.1 Å². The van der Waals surface area contributed by atoms with Gasteiger partial charge in [0.05, 0.1) is 19.2 Å². The minimum Gasteiger partial charge on any atom is -0.497 e. The lowest BCUT2D eigenvalue weighted by Crippen LogP contribution is -2.57. The van der Waals surface area contributed by atoms with Gasteiger partial charge in [-0.25, -0.2) is 0 Å². The van der Waals surface area contributed by atoms with Crippen molar-refractivity contribution in [2.45, 2.75) is 31.7 Å². The molecule has 5 heteroatoms. The molecule has 1 aliphatic heterocycles. The van der Waals surface area contributed by atoms with E-state index in [-0.39, 0.29) is 5.91 Å². The van der Waals surface area contributed by atoms with Gasteiger partial charge in [-0.3, -0.25) is 4.79 Å². The van der Waals surface area contributed by atoms with E-state index in [1.165, 1.54) is 0 Å². The number of amides is 1. The third-order valence-corrected chi connectivity index (χ3v) is 3.82. The van der Waals surface area contributed by atoms with Crippen LogP contribution in [0.3, 0.4) is 0 Å². The summed E-state index contributed by atoms with van der Waals surface area (Å²) in [5, 5.41) is 6.23. The summed E-state index contributed by atoms with van der Waals surface area (Å²) >= 11 is 0. The highest BCUT2D eigenvalue weighted by Gasteiger charge is 2.33. The summed E-state index contributed by atoms with van der Waals surface area (Å²) in [4.78, 5) is 12.2. The Morgan fingerprint density at radius 3 is 2.90 bits per heavy atom. The van der Waals surface area contributed by atoms with E-state index in [2.05, 4.69) is 10.6 Å². The van der Waals surface area contributed by atoms with Gasteiger partial charge in [-0.05, 0) is 44.9 Å². The smallest absolute Gasteiger partial charge is 0.240 e. The van der Waals surface area contributed by atoms with E-state index in [0.29, 0.717) is 13.2 Å². The van der Waals surface area contributed by atoms with Gasteiger partial charge >= 0.3 is 0 Å². The van der Waals surface area contributed by atoms with Crippen molar-refractivity contribution < 1.29 is 14.3 Å². The summed E-state index contributed by atoms with van der Waals surface area (Å²) in [6.07, 6.45) is 3.12. The average Bonchev–Trinajstić information content (AvgIpc) is 2.52. The standard InChI is InChI=1S/C16H24N2O3/c1-16(8-3-4-9-18-16)15(19)17-10-11-21-14-7-5-6-13(12-14)20-2/h5-7,12,18H,3-4,8-11H2,1-2H3,(H,17,19)/t16-/m1/s1. The molecule has 1 saturated heterocycles. The number of hydrogen-bond acceptors (Lipinski definition) is 4. The maximum atomic E-state index is 12.2. The van der Waals surface area contributed by atoms with Crippen molar-refractivity contribution in [3.8, 4) is 11.5 Å². The number of nitrogens with one attached hydrogen (secondary N) is 2. The molecule has 0 saturated carbocycles. The zero-order valence-corrected chi connectivity index (χ0v) is 12.8. The third-order valence-electron chi connectivity index (χ3n) is 3.82. The Morgan fingerprint density at radius 1 is 1.38 bits per heavy atom. The fourth-order valence-electron chi connectivity index (χ4n) is 2.47. The van der Waals surface area contributed by atoms with Crippen molar-refractivity contribution in [2.24, 2.45) is 0 Å². The molecular formula is C16H24N2O3. The molecule has 1 atom stereocenters. The lowest BCUT2D eigenvalue weighted by Gasteiger charge is -2.33. The van der Waals surface area contributed by atoms with Gasteiger partial charge in [0.1, 0.15) is 18.1 Å². The number of hydrogen-bond donors (Lipinski definition) is 2. The van der Waals surface area contributed by atoms with E-state index in [1.54, 1.807) is 7.11 Å². The fourth-order valence-corrected chi connectivity index (χ4v) is 2.47. The predicted octanol–water partition coefficient (Wildman–Crippen LogP) is 1.72. The first kappa shape index (κ1) is 15.6. The summed E-state index contributed by atoms with van der Waals surface area (Å²) in [6.45, 7) is 3.80. The highest BCUT2D eigenvalue weighted by molar-refractivity contribution is 5.85. The average molecular weight is 292 g/mol. The van der Waals surface area contributed by atoms with Gasteiger partial charge in [-0.15, -0.1) is 0 Å². The fraction of sp³-hybridized carbons (Fsp3) is 0.562. The van der Waals surface area contributed by atoms with Gasteiger partial charge in [-0.2, -0.15) is 0 Å². The van der Waals surface area contributed by atoms with Crippen LogP contribution in [-0.4, -0.2) is 38.3 Å². The Bertz CT molecular complexity index is 470. The van der Waals surface area contributed by atoms with E-state index >= 15 is 0 Å². The Morgan fingerprint density at radius 2 is 2.19 bits per heavy atom. The predicted molar refractivity (Wildman–Crippen MR) is 81.8 cm³/mol. The maximum Gasteiger partial charge on any atom is 0.240 e. The summed E-state index contributed by atoms with van der Waals surface area (Å²) in [5.41, 5.74) is -0.436. The minimum atomic E-state index is -0.436. The van der Waals surface area contributed by atoms with Crippen LogP contribution in [-0.2, 0) is 4.79 Å². The Labute approximate surface area is 126 Å². The van der Waals surface area contributed by atoms with Gasteiger partial charge in [0.2, 0.25) is 5.91 Å². The van der Waals surface area contributed by atoms with Crippen molar-refractivity contribution >= 4 is 5.91 Å². The molecule has 5 nitrogen and oxygen atoms in total. The molecule has 0 aromatic heterocycles. The molecule has 0 spiro atoms. The molecule has 0 unspecified atom stereocenters. The highest BCUT2D eigenvalue weighted by Crippen LogP contribution is 2.19. The maximum absolute atomic E-state index is 12.2. The van der Waals surface area contributed by atoms with Crippen molar-refractivity contribution in [3.63, 3.8) is 0 Å². The van der Waals surface area contributed by atoms with E-state index in [9.17, 15) is 4.79 Å². The van der Waals surface area contributed by atoms with Gasteiger partial charge < -0.3 is 20.1 Å². The number of carbonyl (C=O) groups excluding carboxylic acids is 1. The molecular weight excluding hydrogens is 268 g/mol.